The third-order valence-electron chi connectivity index (χ3n) is 6.60. The summed E-state index contributed by atoms with van der Waals surface area (Å²) in [6, 6.07) is 6.00. The number of anilines is 1. The van der Waals surface area contributed by atoms with Crippen LogP contribution in [0.15, 0.2) is 30.7 Å². The predicted octanol–water partition coefficient (Wildman–Crippen LogP) is 1.09. The van der Waals surface area contributed by atoms with Crippen molar-refractivity contribution in [2.75, 3.05) is 71.0 Å². The standard InChI is InChI=1S/C23H27N9O2/c1-29-4-6-30(7-5-29)14-20(33)32-22-17(13-26-32)21(16-2-3-18-19(12-16)25-15-24-18)27-23(28-22)31-8-10-34-11-9-31/h2-3,12-13,15H,4-11,14H2,1H3,(H,24,25). The maximum atomic E-state index is 13.3. The minimum atomic E-state index is -0.0834. The average molecular weight is 462 g/mol. The molecule has 0 amide bonds. The van der Waals surface area contributed by atoms with Gasteiger partial charge in [0.1, 0.15) is 0 Å². The number of aromatic amines is 1. The number of rotatable bonds is 4. The first kappa shape index (κ1) is 21.1. The van der Waals surface area contributed by atoms with Crippen LogP contribution in [0.25, 0.3) is 33.3 Å². The highest BCUT2D eigenvalue weighted by molar-refractivity contribution is 5.98. The summed E-state index contributed by atoms with van der Waals surface area (Å²) in [6.07, 6.45) is 3.38. The summed E-state index contributed by atoms with van der Waals surface area (Å²) in [4.78, 5) is 37.1. The molecule has 11 heteroatoms. The predicted molar refractivity (Wildman–Crippen MR) is 128 cm³/mol. The Morgan fingerprint density at radius 1 is 1.09 bits per heavy atom. The molecular formula is C23H27N9O2. The number of hydrogen-bond donors (Lipinski definition) is 1. The first-order valence-corrected chi connectivity index (χ1v) is 11.6. The first-order chi connectivity index (χ1) is 16.7. The maximum Gasteiger partial charge on any atom is 0.263 e. The van der Waals surface area contributed by atoms with E-state index in [4.69, 9.17) is 14.7 Å². The molecule has 0 bridgehead atoms. The van der Waals surface area contributed by atoms with Gasteiger partial charge in [-0.3, -0.25) is 9.69 Å². The van der Waals surface area contributed by atoms with E-state index >= 15 is 0 Å². The topological polar surface area (TPSA) is 108 Å². The molecule has 2 fully saturated rings. The van der Waals surface area contributed by atoms with Crippen LogP contribution in [0.2, 0.25) is 0 Å². The number of nitrogens with zero attached hydrogens (tertiary/aromatic N) is 8. The molecule has 5 heterocycles. The van der Waals surface area contributed by atoms with Crippen LogP contribution >= 0.6 is 0 Å². The number of carbonyl (C=O) groups excluding carboxylic acids is 1. The second-order valence-electron chi connectivity index (χ2n) is 8.87. The molecule has 6 rings (SSSR count). The fourth-order valence-corrected chi connectivity index (χ4v) is 4.55. The van der Waals surface area contributed by atoms with Gasteiger partial charge < -0.3 is 19.5 Å². The molecule has 4 aromatic rings. The highest BCUT2D eigenvalue weighted by Gasteiger charge is 2.24. The summed E-state index contributed by atoms with van der Waals surface area (Å²) in [6.45, 7) is 6.60. The normalized spacial score (nSPS) is 18.2. The Labute approximate surface area is 196 Å². The lowest BCUT2D eigenvalue weighted by Crippen LogP contribution is -2.47. The smallest absolute Gasteiger partial charge is 0.263 e. The number of aromatic nitrogens is 6. The van der Waals surface area contributed by atoms with Crippen LogP contribution < -0.4 is 4.90 Å². The van der Waals surface area contributed by atoms with Crippen molar-refractivity contribution >= 4 is 33.9 Å². The van der Waals surface area contributed by atoms with E-state index in [1.54, 1.807) is 12.5 Å². The zero-order valence-electron chi connectivity index (χ0n) is 19.1. The van der Waals surface area contributed by atoms with Gasteiger partial charge in [-0.05, 0) is 19.2 Å². The van der Waals surface area contributed by atoms with E-state index in [9.17, 15) is 4.79 Å². The van der Waals surface area contributed by atoms with Gasteiger partial charge in [-0.2, -0.15) is 14.8 Å². The van der Waals surface area contributed by atoms with E-state index in [0.717, 1.165) is 53.9 Å². The van der Waals surface area contributed by atoms with E-state index in [1.165, 1.54) is 4.68 Å². The molecule has 11 nitrogen and oxygen atoms in total. The molecule has 34 heavy (non-hydrogen) atoms. The molecule has 3 aromatic heterocycles. The number of benzene rings is 1. The van der Waals surface area contributed by atoms with E-state index in [1.807, 2.05) is 18.2 Å². The van der Waals surface area contributed by atoms with Crippen molar-refractivity contribution in [1.29, 1.82) is 0 Å². The Morgan fingerprint density at radius 2 is 1.91 bits per heavy atom. The van der Waals surface area contributed by atoms with Gasteiger partial charge in [0, 0.05) is 44.8 Å². The molecule has 0 unspecified atom stereocenters. The molecular weight excluding hydrogens is 434 g/mol. The third kappa shape index (κ3) is 3.91. The van der Waals surface area contributed by atoms with Gasteiger partial charge in [-0.25, -0.2) is 9.97 Å². The number of ether oxygens (including phenoxy) is 1. The number of fused-ring (bicyclic) bond motifs is 2. The molecule has 0 radical (unpaired) electrons. The first-order valence-electron chi connectivity index (χ1n) is 11.6. The fourth-order valence-electron chi connectivity index (χ4n) is 4.55. The number of nitrogens with one attached hydrogen (secondary N) is 1. The lowest BCUT2D eigenvalue weighted by molar-refractivity contribution is 0.0785. The van der Waals surface area contributed by atoms with Crippen molar-refractivity contribution in [3.8, 4) is 11.3 Å². The van der Waals surface area contributed by atoms with Crippen molar-refractivity contribution in [2.24, 2.45) is 0 Å². The molecule has 1 aromatic carbocycles. The molecule has 0 aliphatic carbocycles. The van der Waals surface area contributed by atoms with E-state index in [2.05, 4.69) is 36.8 Å². The van der Waals surface area contributed by atoms with Crippen LogP contribution in [-0.2, 0) is 4.74 Å². The van der Waals surface area contributed by atoms with E-state index in [-0.39, 0.29) is 5.91 Å². The Kier molecular flexibility index (Phi) is 5.44. The summed E-state index contributed by atoms with van der Waals surface area (Å²) in [5, 5.41) is 5.21. The molecule has 2 aliphatic heterocycles. The quantitative estimate of drug-likeness (QED) is 0.478. The molecule has 176 valence electrons. The Balaban J connectivity index is 1.42. The summed E-state index contributed by atoms with van der Waals surface area (Å²) >= 11 is 0. The minimum absolute atomic E-state index is 0.0834. The number of likely N-dealkylation sites (N-methyl/N-ethyl adjacent to an activating group) is 1. The number of hydrogen-bond acceptors (Lipinski definition) is 9. The number of morpholine rings is 1. The van der Waals surface area contributed by atoms with Crippen molar-refractivity contribution in [3.63, 3.8) is 0 Å². The van der Waals surface area contributed by atoms with Crippen LogP contribution in [0, 0.1) is 0 Å². The average Bonchev–Trinajstić information content (AvgIpc) is 3.52. The van der Waals surface area contributed by atoms with Crippen LogP contribution in [0.3, 0.4) is 0 Å². The van der Waals surface area contributed by atoms with Crippen LogP contribution in [0.4, 0.5) is 5.95 Å². The molecule has 2 saturated heterocycles. The fraction of sp³-hybridized carbons (Fsp3) is 0.435. The van der Waals surface area contributed by atoms with Gasteiger partial charge in [-0.1, -0.05) is 6.07 Å². The Bertz CT molecular complexity index is 1330. The molecule has 0 spiro atoms. The number of carbonyl (C=O) groups is 1. The zero-order chi connectivity index (χ0) is 23.1. The maximum absolute atomic E-state index is 13.3. The lowest BCUT2D eigenvalue weighted by atomic mass is 10.1. The zero-order valence-corrected chi connectivity index (χ0v) is 19.1. The minimum Gasteiger partial charge on any atom is -0.378 e. The Hall–Kier alpha value is -3.41. The second-order valence-corrected chi connectivity index (χ2v) is 8.87. The summed E-state index contributed by atoms with van der Waals surface area (Å²) in [7, 11) is 2.10. The van der Waals surface area contributed by atoms with Gasteiger partial charge >= 0.3 is 0 Å². The van der Waals surface area contributed by atoms with Gasteiger partial charge in [-0.15, -0.1) is 0 Å². The van der Waals surface area contributed by atoms with Crippen LogP contribution in [0.5, 0.6) is 0 Å². The van der Waals surface area contributed by atoms with Crippen LogP contribution in [-0.4, -0.2) is 111 Å². The van der Waals surface area contributed by atoms with E-state index in [0.29, 0.717) is 44.4 Å². The van der Waals surface area contributed by atoms with E-state index < -0.39 is 0 Å². The van der Waals surface area contributed by atoms with Crippen LogP contribution in [0.1, 0.15) is 4.79 Å². The SMILES string of the molecule is CN1CCN(CC(=O)n2ncc3c(-c4ccc5[nH]cnc5c4)nc(N4CCOCC4)nc32)CC1. The largest absolute Gasteiger partial charge is 0.378 e. The van der Waals surface area contributed by atoms with Gasteiger partial charge in [0.15, 0.2) is 5.65 Å². The number of H-pyrrole nitrogens is 1. The highest BCUT2D eigenvalue weighted by Crippen LogP contribution is 2.30. The number of piperazine rings is 1. The van der Waals surface area contributed by atoms with Crippen molar-refractivity contribution in [3.05, 3.63) is 30.7 Å². The third-order valence-corrected chi connectivity index (χ3v) is 6.60. The van der Waals surface area contributed by atoms with Gasteiger partial charge in [0.05, 0.1) is 54.4 Å². The molecule has 0 saturated carbocycles. The van der Waals surface area contributed by atoms with Crippen molar-refractivity contribution in [2.45, 2.75) is 0 Å². The second kappa shape index (κ2) is 8.75. The van der Waals surface area contributed by atoms with Crippen molar-refractivity contribution < 1.29 is 9.53 Å². The summed E-state index contributed by atoms with van der Waals surface area (Å²) < 4.78 is 6.95. The van der Waals surface area contributed by atoms with Gasteiger partial charge in [0.2, 0.25) is 5.95 Å². The van der Waals surface area contributed by atoms with Gasteiger partial charge in [0.25, 0.3) is 5.91 Å². The molecule has 1 N–H and O–H groups in total. The lowest BCUT2D eigenvalue weighted by Gasteiger charge is -2.31. The van der Waals surface area contributed by atoms with Crippen molar-refractivity contribution in [1.82, 2.24) is 39.5 Å². The summed E-state index contributed by atoms with van der Waals surface area (Å²) in [5.41, 5.74) is 4.01. The molecule has 0 atom stereocenters. The monoisotopic (exact) mass is 461 g/mol. The summed E-state index contributed by atoms with van der Waals surface area (Å²) in [5.74, 6) is 0.502. The highest BCUT2D eigenvalue weighted by atomic mass is 16.5. The number of imidazole rings is 1. The Morgan fingerprint density at radius 3 is 2.74 bits per heavy atom. The molecule has 2 aliphatic rings.